The third-order valence-corrected chi connectivity index (χ3v) is 4.92. The molecule has 0 saturated heterocycles. The zero-order chi connectivity index (χ0) is 16.7. The lowest BCUT2D eigenvalue weighted by Gasteiger charge is -2.32. The van der Waals surface area contributed by atoms with Gasteiger partial charge in [0.05, 0.1) is 0 Å². The van der Waals surface area contributed by atoms with Gasteiger partial charge in [-0.3, -0.25) is 10.4 Å². The van der Waals surface area contributed by atoms with E-state index in [1.54, 1.807) is 5.01 Å². The Morgan fingerprint density at radius 2 is 1.87 bits per heavy atom. The first-order valence-corrected chi connectivity index (χ1v) is 9.00. The molecule has 1 saturated carbocycles. The van der Waals surface area contributed by atoms with Crippen LogP contribution in [0, 0.1) is 5.92 Å². The van der Waals surface area contributed by atoms with Crippen molar-refractivity contribution in [1.29, 1.82) is 0 Å². The summed E-state index contributed by atoms with van der Waals surface area (Å²) in [7, 11) is 1.87. The van der Waals surface area contributed by atoms with Crippen LogP contribution in [-0.2, 0) is 6.54 Å². The van der Waals surface area contributed by atoms with E-state index in [9.17, 15) is 0 Å². The Morgan fingerprint density at radius 3 is 2.57 bits per heavy atom. The van der Waals surface area contributed by atoms with Gasteiger partial charge in [0.15, 0.2) is 10.2 Å². The lowest BCUT2D eigenvalue weighted by molar-refractivity contribution is 0.304. The van der Waals surface area contributed by atoms with Crippen LogP contribution in [-0.4, -0.2) is 28.3 Å². The Bertz CT molecular complexity index is 521. The number of hydrogen-bond acceptors (Lipinski definition) is 2. The van der Waals surface area contributed by atoms with Crippen molar-refractivity contribution in [2.24, 2.45) is 5.92 Å². The number of nitrogens with zero attached hydrogens (tertiary/aromatic N) is 1. The Balaban J connectivity index is 1.73. The van der Waals surface area contributed by atoms with Gasteiger partial charge in [0.2, 0.25) is 0 Å². The van der Waals surface area contributed by atoms with Crippen molar-refractivity contribution < 1.29 is 0 Å². The lowest BCUT2D eigenvalue weighted by atomic mass is 9.86. The van der Waals surface area contributed by atoms with E-state index in [4.69, 9.17) is 24.4 Å². The highest BCUT2D eigenvalue weighted by molar-refractivity contribution is 7.80. The minimum absolute atomic E-state index is 0.461. The molecule has 0 amide bonds. The Kier molecular flexibility index (Phi) is 7.05. The van der Waals surface area contributed by atoms with Gasteiger partial charge in [0.1, 0.15) is 0 Å². The molecule has 2 rings (SSSR count). The van der Waals surface area contributed by atoms with Crippen molar-refractivity contribution in [3.05, 3.63) is 35.9 Å². The second kappa shape index (κ2) is 9.03. The van der Waals surface area contributed by atoms with E-state index >= 15 is 0 Å². The molecule has 0 spiro atoms. The molecule has 6 heteroatoms. The van der Waals surface area contributed by atoms with Crippen molar-refractivity contribution in [1.82, 2.24) is 21.1 Å². The zero-order valence-corrected chi connectivity index (χ0v) is 15.5. The molecular formula is C17H26N4S2. The van der Waals surface area contributed by atoms with Crippen LogP contribution < -0.4 is 16.1 Å². The summed E-state index contributed by atoms with van der Waals surface area (Å²) in [5, 5.41) is 9.65. The number of rotatable bonds is 3. The van der Waals surface area contributed by atoms with E-state index in [1.807, 2.05) is 25.2 Å². The van der Waals surface area contributed by atoms with Crippen LogP contribution in [0.15, 0.2) is 30.3 Å². The number of benzene rings is 1. The van der Waals surface area contributed by atoms with Gasteiger partial charge in [-0.25, -0.2) is 0 Å². The van der Waals surface area contributed by atoms with Crippen molar-refractivity contribution in [2.45, 2.75) is 45.2 Å². The van der Waals surface area contributed by atoms with Gasteiger partial charge in [-0.2, -0.15) is 0 Å². The number of thiocarbonyl (C=S) groups is 2. The van der Waals surface area contributed by atoms with E-state index < -0.39 is 0 Å². The molecule has 0 aliphatic heterocycles. The molecule has 126 valence electrons. The Hall–Kier alpha value is -1.40. The highest BCUT2D eigenvalue weighted by atomic mass is 32.1. The van der Waals surface area contributed by atoms with Crippen LogP contribution in [0.4, 0.5) is 0 Å². The monoisotopic (exact) mass is 350 g/mol. The summed E-state index contributed by atoms with van der Waals surface area (Å²) in [6.45, 7) is 2.99. The molecule has 23 heavy (non-hydrogen) atoms. The van der Waals surface area contributed by atoms with Crippen molar-refractivity contribution >= 4 is 34.7 Å². The van der Waals surface area contributed by atoms with Crippen LogP contribution in [0.5, 0.6) is 0 Å². The van der Waals surface area contributed by atoms with E-state index in [0.717, 1.165) is 0 Å². The quantitative estimate of drug-likeness (QED) is 0.575. The maximum atomic E-state index is 5.41. The van der Waals surface area contributed by atoms with Gasteiger partial charge in [-0.05, 0) is 48.8 Å². The highest BCUT2D eigenvalue weighted by Gasteiger charge is 2.22. The molecule has 0 aromatic heterocycles. The molecule has 0 bridgehead atoms. The number of nitrogens with one attached hydrogen (secondary N) is 3. The van der Waals surface area contributed by atoms with Gasteiger partial charge < -0.3 is 10.6 Å². The van der Waals surface area contributed by atoms with E-state index in [1.165, 1.54) is 31.2 Å². The lowest BCUT2D eigenvalue weighted by Crippen LogP contribution is -2.54. The first-order valence-electron chi connectivity index (χ1n) is 8.19. The van der Waals surface area contributed by atoms with Crippen LogP contribution in [0.25, 0.3) is 0 Å². The summed E-state index contributed by atoms with van der Waals surface area (Å²) >= 11 is 10.8. The van der Waals surface area contributed by atoms with Gasteiger partial charge in [0, 0.05) is 19.6 Å². The van der Waals surface area contributed by atoms with Gasteiger partial charge in [-0.15, -0.1) is 0 Å². The maximum absolute atomic E-state index is 5.41. The molecule has 0 radical (unpaired) electrons. The third-order valence-electron chi connectivity index (χ3n) is 4.29. The highest BCUT2D eigenvalue weighted by Crippen LogP contribution is 2.23. The van der Waals surface area contributed by atoms with Crippen molar-refractivity contribution in [2.75, 3.05) is 7.05 Å². The standard InChI is InChI=1S/C17H26N4S2/c1-13-8-6-7-11-15(13)19-16(22)20-21(2)17(23)18-12-14-9-4-3-5-10-14/h3-5,9-10,13,15H,6-8,11-12H2,1-2H3,(H,18,23)(H2,19,20,22)/t13-,15-/m1/s1. The van der Waals surface area contributed by atoms with Crippen LogP contribution >= 0.6 is 24.4 Å². The van der Waals surface area contributed by atoms with Crippen LogP contribution in [0.1, 0.15) is 38.2 Å². The predicted molar refractivity (Wildman–Crippen MR) is 104 cm³/mol. The second-order valence-electron chi connectivity index (χ2n) is 6.16. The van der Waals surface area contributed by atoms with E-state index in [0.29, 0.717) is 28.7 Å². The summed E-state index contributed by atoms with van der Waals surface area (Å²) in [4.78, 5) is 0. The average molecular weight is 351 g/mol. The van der Waals surface area contributed by atoms with Crippen molar-refractivity contribution in [3.63, 3.8) is 0 Å². The fraction of sp³-hybridized carbons (Fsp3) is 0.529. The normalized spacial score (nSPS) is 20.4. The molecule has 1 aromatic carbocycles. The summed E-state index contributed by atoms with van der Waals surface area (Å²) < 4.78 is 0. The van der Waals surface area contributed by atoms with Crippen LogP contribution in [0.2, 0.25) is 0 Å². The second-order valence-corrected chi connectivity index (χ2v) is 6.95. The largest absolute Gasteiger partial charge is 0.358 e. The molecule has 3 N–H and O–H groups in total. The Labute approximate surface area is 150 Å². The molecule has 1 fully saturated rings. The minimum Gasteiger partial charge on any atom is -0.358 e. The zero-order valence-electron chi connectivity index (χ0n) is 13.8. The maximum Gasteiger partial charge on any atom is 0.187 e. The summed E-state index contributed by atoms with van der Waals surface area (Å²) in [5.41, 5.74) is 4.33. The third kappa shape index (κ3) is 5.95. The smallest absolute Gasteiger partial charge is 0.187 e. The van der Waals surface area contributed by atoms with E-state index in [-0.39, 0.29) is 0 Å². The fourth-order valence-electron chi connectivity index (χ4n) is 2.83. The molecular weight excluding hydrogens is 324 g/mol. The summed E-state index contributed by atoms with van der Waals surface area (Å²) in [6, 6.07) is 10.6. The molecule has 1 aliphatic rings. The molecule has 0 unspecified atom stereocenters. The number of hydrazine groups is 1. The van der Waals surface area contributed by atoms with Crippen molar-refractivity contribution in [3.8, 4) is 0 Å². The summed E-state index contributed by atoms with van der Waals surface area (Å²) in [5.74, 6) is 0.664. The van der Waals surface area contributed by atoms with Gasteiger partial charge in [-0.1, -0.05) is 50.1 Å². The first-order chi connectivity index (χ1) is 11.1. The molecule has 2 atom stereocenters. The van der Waals surface area contributed by atoms with Gasteiger partial charge >= 0.3 is 0 Å². The van der Waals surface area contributed by atoms with Gasteiger partial charge in [0.25, 0.3) is 0 Å². The summed E-state index contributed by atoms with van der Waals surface area (Å²) in [6.07, 6.45) is 5.06. The minimum atomic E-state index is 0.461. The predicted octanol–water partition coefficient (Wildman–Crippen LogP) is 2.95. The van der Waals surface area contributed by atoms with Crippen LogP contribution in [0.3, 0.4) is 0 Å². The molecule has 0 heterocycles. The Morgan fingerprint density at radius 1 is 1.17 bits per heavy atom. The molecule has 1 aromatic rings. The topological polar surface area (TPSA) is 39.3 Å². The van der Waals surface area contributed by atoms with E-state index in [2.05, 4.69) is 35.1 Å². The number of hydrogen-bond donors (Lipinski definition) is 3. The first kappa shape index (κ1) is 17.9. The SMILES string of the molecule is C[C@@H]1CCCC[C@H]1NC(=S)NN(C)C(=S)NCc1ccccc1. The fourth-order valence-corrected chi connectivity index (χ4v) is 3.23. The molecule has 4 nitrogen and oxygen atoms in total. The molecule has 1 aliphatic carbocycles. The average Bonchev–Trinajstić information content (AvgIpc) is 2.55.